The monoisotopic (exact) mass is 377 g/mol. The minimum Gasteiger partial charge on any atom is -0.403 e. The molecule has 26 heavy (non-hydrogen) atoms. The van der Waals surface area contributed by atoms with Crippen LogP contribution in [0.2, 0.25) is 5.15 Å². The lowest BCUT2D eigenvalue weighted by atomic mass is 9.93. The van der Waals surface area contributed by atoms with Crippen LogP contribution in [0.1, 0.15) is 32.6 Å². The second-order valence-corrected chi connectivity index (χ2v) is 7.56. The van der Waals surface area contributed by atoms with E-state index in [-0.39, 0.29) is 28.5 Å². The van der Waals surface area contributed by atoms with Crippen molar-refractivity contribution in [1.29, 1.82) is 0 Å². The Morgan fingerprint density at radius 3 is 2.69 bits per heavy atom. The summed E-state index contributed by atoms with van der Waals surface area (Å²) in [6, 6.07) is 2.66. The summed E-state index contributed by atoms with van der Waals surface area (Å²) in [5, 5.41) is 10.9. The van der Waals surface area contributed by atoms with Crippen LogP contribution in [0.5, 0.6) is 0 Å². The van der Waals surface area contributed by atoms with E-state index in [1.165, 1.54) is 25.0 Å². The molecule has 138 valence electrons. The van der Waals surface area contributed by atoms with Gasteiger partial charge < -0.3 is 19.6 Å². The molecule has 2 aromatic heterocycles. The Morgan fingerprint density at radius 1 is 1.31 bits per heavy atom. The molecule has 1 atom stereocenters. The molecule has 1 amide bonds. The number of pyridine rings is 1. The molecule has 1 aliphatic heterocycles. The number of piperidine rings is 1. The molecule has 9 heteroatoms. The predicted molar refractivity (Wildman–Crippen MR) is 95.9 cm³/mol. The van der Waals surface area contributed by atoms with E-state index in [1.54, 1.807) is 6.92 Å². The lowest BCUT2D eigenvalue weighted by molar-refractivity contribution is -0.133. The van der Waals surface area contributed by atoms with Crippen molar-refractivity contribution in [2.75, 3.05) is 18.4 Å². The molecule has 1 saturated heterocycles. The summed E-state index contributed by atoms with van der Waals surface area (Å²) in [7, 11) is 0. The van der Waals surface area contributed by atoms with Gasteiger partial charge in [0, 0.05) is 13.1 Å². The van der Waals surface area contributed by atoms with Crippen LogP contribution in [0.4, 0.5) is 6.01 Å². The molecule has 0 bridgehead atoms. The number of nitrogens with zero attached hydrogens (tertiary/aromatic N) is 3. The average molecular weight is 378 g/mol. The van der Waals surface area contributed by atoms with Gasteiger partial charge >= 0.3 is 6.01 Å². The maximum absolute atomic E-state index is 12.6. The Bertz CT molecular complexity index is 879. The molecule has 1 saturated carbocycles. The van der Waals surface area contributed by atoms with E-state index in [0.717, 1.165) is 25.9 Å². The van der Waals surface area contributed by atoms with Gasteiger partial charge in [0.15, 0.2) is 0 Å². The van der Waals surface area contributed by atoms with Crippen molar-refractivity contribution in [2.24, 2.45) is 5.41 Å². The zero-order valence-electron chi connectivity index (χ0n) is 14.4. The number of halogens is 1. The molecule has 0 aromatic carbocycles. The maximum atomic E-state index is 12.6. The quantitative estimate of drug-likeness (QED) is 0.792. The number of aromatic amines is 1. The van der Waals surface area contributed by atoms with E-state index in [9.17, 15) is 9.59 Å². The van der Waals surface area contributed by atoms with Gasteiger partial charge in [-0.15, -0.1) is 5.10 Å². The highest BCUT2D eigenvalue weighted by atomic mass is 35.5. The number of nitrogens with one attached hydrogen (secondary N) is 2. The predicted octanol–water partition coefficient (Wildman–Crippen LogP) is 2.28. The van der Waals surface area contributed by atoms with Gasteiger partial charge in [-0.05, 0) is 50.2 Å². The minimum atomic E-state index is -0.486. The smallest absolute Gasteiger partial charge is 0.316 e. The van der Waals surface area contributed by atoms with Crippen molar-refractivity contribution in [3.63, 3.8) is 0 Å². The third-order valence-corrected chi connectivity index (χ3v) is 5.55. The van der Waals surface area contributed by atoms with Gasteiger partial charge in [-0.1, -0.05) is 16.7 Å². The van der Waals surface area contributed by atoms with Gasteiger partial charge in [-0.25, -0.2) is 0 Å². The Hall–Kier alpha value is -2.35. The highest BCUT2D eigenvalue weighted by molar-refractivity contribution is 6.29. The van der Waals surface area contributed by atoms with Crippen LogP contribution in [-0.2, 0) is 4.79 Å². The van der Waals surface area contributed by atoms with E-state index in [0.29, 0.717) is 5.41 Å². The molecular weight excluding hydrogens is 358 g/mol. The summed E-state index contributed by atoms with van der Waals surface area (Å²) in [6.45, 7) is 3.38. The summed E-state index contributed by atoms with van der Waals surface area (Å²) in [6.07, 6.45) is 4.79. The molecule has 1 aliphatic carbocycles. The fraction of sp³-hybridized carbons (Fsp3) is 0.529. The van der Waals surface area contributed by atoms with Crippen LogP contribution in [0, 0.1) is 5.41 Å². The van der Waals surface area contributed by atoms with Gasteiger partial charge in [0.2, 0.25) is 5.91 Å². The Morgan fingerprint density at radius 2 is 2.04 bits per heavy atom. The molecule has 2 fully saturated rings. The van der Waals surface area contributed by atoms with Crippen LogP contribution in [0.15, 0.2) is 21.3 Å². The number of hydrogen-bond acceptors (Lipinski definition) is 6. The molecule has 8 nitrogen and oxygen atoms in total. The second kappa shape index (κ2) is 6.42. The molecule has 1 spiro atoms. The lowest BCUT2D eigenvalue weighted by Gasteiger charge is -2.33. The second-order valence-electron chi connectivity index (χ2n) is 7.15. The first-order valence-electron chi connectivity index (χ1n) is 8.74. The van der Waals surface area contributed by atoms with Crippen molar-refractivity contribution in [1.82, 2.24) is 20.1 Å². The van der Waals surface area contributed by atoms with Gasteiger partial charge in [-0.3, -0.25) is 9.59 Å². The summed E-state index contributed by atoms with van der Waals surface area (Å²) in [4.78, 5) is 28.9. The van der Waals surface area contributed by atoms with Gasteiger partial charge in [-0.2, -0.15) is 0 Å². The standard InChI is InChI=1S/C17H20ClN5O3/c1-10(15(25)23-8-6-17(4-5-17)7-9-23)19-16-22-21-14(26-16)11-2-3-12(18)20-13(11)24/h2-3,10H,4-9H2,1H3,(H,19,22)(H,20,24)/t10-/m1/s1. The fourth-order valence-electron chi connectivity index (χ4n) is 3.41. The van der Waals surface area contributed by atoms with Crippen molar-refractivity contribution in [3.05, 3.63) is 27.6 Å². The number of hydrogen-bond donors (Lipinski definition) is 2. The zero-order valence-corrected chi connectivity index (χ0v) is 15.2. The number of anilines is 1. The zero-order chi connectivity index (χ0) is 18.3. The topological polar surface area (TPSA) is 104 Å². The Labute approximate surface area is 154 Å². The summed E-state index contributed by atoms with van der Waals surface area (Å²) >= 11 is 5.73. The number of amides is 1. The van der Waals surface area contributed by atoms with Crippen LogP contribution >= 0.6 is 11.6 Å². The molecule has 3 heterocycles. The highest BCUT2D eigenvalue weighted by Gasteiger charge is 2.45. The van der Waals surface area contributed by atoms with Crippen LogP contribution in [0.25, 0.3) is 11.5 Å². The highest BCUT2D eigenvalue weighted by Crippen LogP contribution is 2.53. The number of likely N-dealkylation sites (tertiary alicyclic amines) is 1. The fourth-order valence-corrected chi connectivity index (χ4v) is 3.56. The largest absolute Gasteiger partial charge is 0.403 e. The van der Waals surface area contributed by atoms with Crippen molar-refractivity contribution >= 4 is 23.5 Å². The van der Waals surface area contributed by atoms with Crippen molar-refractivity contribution in [3.8, 4) is 11.5 Å². The number of carbonyl (C=O) groups excluding carboxylic acids is 1. The maximum Gasteiger partial charge on any atom is 0.316 e. The van der Waals surface area contributed by atoms with E-state index >= 15 is 0 Å². The Balaban J connectivity index is 1.40. The SMILES string of the molecule is C[C@@H](Nc1nnc(-c2ccc(Cl)[nH]c2=O)o1)C(=O)N1CCC2(CC1)CC2. The summed E-state index contributed by atoms with van der Waals surface area (Å²) in [5.41, 5.74) is 0.333. The van der Waals surface area contributed by atoms with Gasteiger partial charge in [0.25, 0.3) is 11.4 Å². The first-order valence-corrected chi connectivity index (χ1v) is 9.12. The number of aromatic nitrogens is 3. The first-order chi connectivity index (χ1) is 12.5. The lowest BCUT2D eigenvalue weighted by Crippen LogP contribution is -2.45. The normalized spacial score (nSPS) is 19.4. The van der Waals surface area contributed by atoms with Crippen LogP contribution in [0.3, 0.4) is 0 Å². The molecule has 0 radical (unpaired) electrons. The first kappa shape index (κ1) is 17.1. The Kier molecular flexibility index (Phi) is 4.22. The van der Waals surface area contributed by atoms with E-state index in [2.05, 4.69) is 20.5 Å². The van der Waals surface area contributed by atoms with Gasteiger partial charge in [0.05, 0.1) is 0 Å². The van der Waals surface area contributed by atoms with Crippen molar-refractivity contribution < 1.29 is 9.21 Å². The molecule has 0 unspecified atom stereocenters. The van der Waals surface area contributed by atoms with Crippen LogP contribution in [-0.4, -0.2) is 45.1 Å². The average Bonchev–Trinajstić information content (AvgIpc) is 3.21. The number of H-pyrrole nitrogens is 1. The molecule has 2 N–H and O–H groups in total. The molecular formula is C17H20ClN5O3. The van der Waals surface area contributed by atoms with E-state index in [4.69, 9.17) is 16.0 Å². The third-order valence-electron chi connectivity index (χ3n) is 5.33. The van der Waals surface area contributed by atoms with Crippen molar-refractivity contribution in [2.45, 2.75) is 38.6 Å². The number of carbonyl (C=O) groups is 1. The molecule has 4 rings (SSSR count). The third kappa shape index (κ3) is 3.33. The molecule has 2 aliphatic rings. The summed E-state index contributed by atoms with van der Waals surface area (Å²) in [5.74, 6) is 0.0864. The van der Waals surface area contributed by atoms with Gasteiger partial charge in [0.1, 0.15) is 16.8 Å². The van der Waals surface area contributed by atoms with E-state index < -0.39 is 11.6 Å². The van der Waals surface area contributed by atoms with E-state index in [1.807, 2.05) is 4.90 Å². The number of rotatable bonds is 4. The summed E-state index contributed by atoms with van der Waals surface area (Å²) < 4.78 is 5.47. The molecule has 2 aromatic rings. The minimum absolute atomic E-state index is 0.0181. The van der Waals surface area contributed by atoms with Crippen LogP contribution < -0.4 is 10.9 Å².